The smallest absolute Gasteiger partial charge is 0.242 e. The molecule has 1 heterocycles. The molecule has 1 aromatic rings. The van der Waals surface area contributed by atoms with Gasteiger partial charge in [0.25, 0.3) is 0 Å². The highest BCUT2D eigenvalue weighted by Crippen LogP contribution is 2.14. The Hall–Kier alpha value is -0.500. The van der Waals surface area contributed by atoms with Crippen LogP contribution < -0.4 is 10.5 Å². The number of hydrogen-bond acceptors (Lipinski definition) is 4. The average molecular weight is 336 g/mol. The summed E-state index contributed by atoms with van der Waals surface area (Å²) < 4.78 is 27.0. The second-order valence-corrected chi connectivity index (χ2v) is 7.26. The van der Waals surface area contributed by atoms with Crippen LogP contribution in [-0.2, 0) is 10.0 Å². The minimum absolute atomic E-state index is 0.133. The van der Waals surface area contributed by atoms with Crippen LogP contribution in [0, 0.1) is 5.92 Å². The maximum absolute atomic E-state index is 11.9. The van der Waals surface area contributed by atoms with Crippen LogP contribution >= 0.6 is 15.9 Å². The van der Waals surface area contributed by atoms with E-state index in [0.29, 0.717) is 10.4 Å². The Balaban J connectivity index is 2.66. The van der Waals surface area contributed by atoms with Gasteiger partial charge in [-0.05, 0) is 34.3 Å². The van der Waals surface area contributed by atoms with Gasteiger partial charge < -0.3 is 5.73 Å². The van der Waals surface area contributed by atoms with Crippen LogP contribution in [0.5, 0.6) is 0 Å². The van der Waals surface area contributed by atoms with Crippen LogP contribution in [0.1, 0.15) is 20.3 Å². The average Bonchev–Trinajstić information content (AvgIpc) is 2.26. The van der Waals surface area contributed by atoms with E-state index in [1.54, 1.807) is 0 Å². The molecule has 0 saturated carbocycles. The Bertz CT molecular complexity index is 491. The number of hydrogen-bond donors (Lipinski definition) is 2. The van der Waals surface area contributed by atoms with E-state index in [1.807, 2.05) is 13.8 Å². The van der Waals surface area contributed by atoms with Gasteiger partial charge in [-0.1, -0.05) is 13.8 Å². The van der Waals surface area contributed by atoms with E-state index in [1.165, 1.54) is 18.5 Å². The minimum atomic E-state index is -3.54. The molecular weight excluding hydrogens is 318 g/mol. The van der Waals surface area contributed by atoms with Crippen LogP contribution in [0.25, 0.3) is 0 Å². The first kappa shape index (κ1) is 15.6. The molecule has 0 aliphatic carbocycles. The summed E-state index contributed by atoms with van der Waals surface area (Å²) in [6, 6.07) is 1.32. The van der Waals surface area contributed by atoms with E-state index in [2.05, 4.69) is 25.6 Å². The van der Waals surface area contributed by atoms with Crippen LogP contribution in [-0.4, -0.2) is 26.0 Å². The zero-order valence-corrected chi connectivity index (χ0v) is 12.8. The van der Waals surface area contributed by atoms with E-state index in [0.717, 1.165) is 6.42 Å². The Kier molecular flexibility index (Phi) is 5.71. The normalized spacial score (nSPS) is 13.8. The Morgan fingerprint density at radius 2 is 2.11 bits per heavy atom. The van der Waals surface area contributed by atoms with Gasteiger partial charge in [0.15, 0.2) is 0 Å². The number of pyridine rings is 1. The molecule has 3 N–H and O–H groups in total. The number of sulfonamides is 1. The summed E-state index contributed by atoms with van der Waals surface area (Å²) in [6.07, 6.45) is 3.61. The van der Waals surface area contributed by atoms with Crippen molar-refractivity contribution >= 4 is 26.0 Å². The zero-order valence-electron chi connectivity index (χ0n) is 10.4. The number of nitrogens with one attached hydrogen (secondary N) is 1. The van der Waals surface area contributed by atoms with Crippen LogP contribution in [0.2, 0.25) is 0 Å². The fourth-order valence-electron chi connectivity index (χ4n) is 1.53. The molecule has 1 rings (SSSR count). The molecule has 0 amide bonds. The highest BCUT2D eigenvalue weighted by atomic mass is 79.9. The summed E-state index contributed by atoms with van der Waals surface area (Å²) in [4.78, 5) is 3.96. The van der Waals surface area contributed by atoms with Gasteiger partial charge in [0.05, 0.1) is 0 Å². The third kappa shape index (κ3) is 5.01. The van der Waals surface area contributed by atoms with Crippen LogP contribution in [0.3, 0.4) is 0 Å². The van der Waals surface area contributed by atoms with Crippen LogP contribution in [0.15, 0.2) is 27.8 Å². The lowest BCUT2D eigenvalue weighted by Crippen LogP contribution is -2.38. The molecule has 5 nitrogen and oxygen atoms in total. The first-order valence-corrected chi connectivity index (χ1v) is 7.94. The summed E-state index contributed by atoms with van der Waals surface area (Å²) in [5.74, 6) is 0.442. The highest BCUT2D eigenvalue weighted by molar-refractivity contribution is 9.10. The lowest BCUT2D eigenvalue weighted by atomic mass is 10.1. The third-order valence-electron chi connectivity index (χ3n) is 2.30. The Labute approximate surface area is 116 Å². The summed E-state index contributed by atoms with van der Waals surface area (Å²) >= 11 is 3.19. The standard InChI is InChI=1S/C11H18BrN3O2S/c1-8(2)3-10(13)6-15-18(16,17)11-4-9(12)5-14-7-11/h4-5,7-8,10,15H,3,6,13H2,1-2H3. The molecule has 0 bridgehead atoms. The van der Waals surface area contributed by atoms with Gasteiger partial charge in [0.2, 0.25) is 10.0 Å². The molecule has 0 spiro atoms. The van der Waals surface area contributed by atoms with E-state index >= 15 is 0 Å². The van der Waals surface area contributed by atoms with E-state index in [4.69, 9.17) is 5.73 Å². The van der Waals surface area contributed by atoms with E-state index < -0.39 is 10.0 Å². The monoisotopic (exact) mass is 335 g/mol. The fraction of sp³-hybridized carbons (Fsp3) is 0.545. The summed E-state index contributed by atoms with van der Waals surface area (Å²) in [5, 5.41) is 0. The van der Waals surface area contributed by atoms with Crippen molar-refractivity contribution in [2.45, 2.75) is 31.2 Å². The number of nitrogens with two attached hydrogens (primary N) is 1. The van der Waals surface area contributed by atoms with E-state index in [-0.39, 0.29) is 17.5 Å². The number of rotatable bonds is 6. The predicted octanol–water partition coefficient (Wildman–Crippen LogP) is 1.50. The van der Waals surface area contributed by atoms with Crippen LogP contribution in [0.4, 0.5) is 0 Å². The first-order valence-electron chi connectivity index (χ1n) is 5.67. The van der Waals surface area contributed by atoms with Gasteiger partial charge in [-0.15, -0.1) is 0 Å². The minimum Gasteiger partial charge on any atom is -0.327 e. The summed E-state index contributed by atoms with van der Waals surface area (Å²) in [5.41, 5.74) is 5.84. The van der Waals surface area contributed by atoms with Crippen molar-refractivity contribution in [1.82, 2.24) is 9.71 Å². The molecule has 0 saturated heterocycles. The SMILES string of the molecule is CC(C)CC(N)CNS(=O)(=O)c1cncc(Br)c1. The zero-order chi connectivity index (χ0) is 13.8. The molecule has 0 aromatic carbocycles. The van der Waals surface area contributed by atoms with Crippen molar-refractivity contribution in [3.63, 3.8) is 0 Å². The van der Waals surface area contributed by atoms with Gasteiger partial charge in [-0.2, -0.15) is 0 Å². The molecule has 1 atom stereocenters. The largest absolute Gasteiger partial charge is 0.327 e. The molecule has 1 aromatic heterocycles. The number of nitrogens with zero attached hydrogens (tertiary/aromatic N) is 1. The second-order valence-electron chi connectivity index (χ2n) is 4.58. The molecule has 18 heavy (non-hydrogen) atoms. The molecule has 0 aliphatic heterocycles. The Morgan fingerprint density at radius 3 is 2.67 bits per heavy atom. The maximum atomic E-state index is 11.9. The molecule has 102 valence electrons. The molecule has 0 aliphatic rings. The lowest BCUT2D eigenvalue weighted by Gasteiger charge is -2.14. The van der Waals surface area contributed by atoms with Crippen molar-refractivity contribution in [3.8, 4) is 0 Å². The third-order valence-corrected chi connectivity index (χ3v) is 4.12. The van der Waals surface area contributed by atoms with Crippen molar-refractivity contribution in [1.29, 1.82) is 0 Å². The van der Waals surface area contributed by atoms with Crippen molar-refractivity contribution in [3.05, 3.63) is 22.9 Å². The van der Waals surface area contributed by atoms with Gasteiger partial charge in [0, 0.05) is 29.5 Å². The second kappa shape index (κ2) is 6.60. The fourth-order valence-corrected chi connectivity index (χ4v) is 3.13. The van der Waals surface area contributed by atoms with Crippen molar-refractivity contribution < 1.29 is 8.42 Å². The Morgan fingerprint density at radius 1 is 1.44 bits per heavy atom. The quantitative estimate of drug-likeness (QED) is 0.824. The molecule has 1 unspecified atom stereocenters. The van der Waals surface area contributed by atoms with E-state index in [9.17, 15) is 8.42 Å². The predicted molar refractivity (Wildman–Crippen MR) is 74.6 cm³/mol. The lowest BCUT2D eigenvalue weighted by molar-refractivity contribution is 0.486. The van der Waals surface area contributed by atoms with Gasteiger partial charge in [0.1, 0.15) is 4.90 Å². The first-order chi connectivity index (χ1) is 8.31. The summed E-state index contributed by atoms with van der Waals surface area (Å²) in [7, 11) is -3.54. The molecule has 0 fully saturated rings. The topological polar surface area (TPSA) is 85.1 Å². The molecular formula is C11H18BrN3O2S. The van der Waals surface area contributed by atoms with Gasteiger partial charge in [-0.3, -0.25) is 4.98 Å². The van der Waals surface area contributed by atoms with Crippen molar-refractivity contribution in [2.75, 3.05) is 6.54 Å². The highest BCUT2D eigenvalue weighted by Gasteiger charge is 2.16. The molecule has 7 heteroatoms. The van der Waals surface area contributed by atoms with Gasteiger partial charge >= 0.3 is 0 Å². The number of halogens is 1. The summed E-state index contributed by atoms with van der Waals surface area (Å²) in [6.45, 7) is 4.33. The van der Waals surface area contributed by atoms with Crippen molar-refractivity contribution in [2.24, 2.45) is 11.7 Å². The maximum Gasteiger partial charge on any atom is 0.242 e. The number of aromatic nitrogens is 1. The molecule has 0 radical (unpaired) electrons. The van der Waals surface area contributed by atoms with Gasteiger partial charge in [-0.25, -0.2) is 13.1 Å².